The maximum absolute atomic E-state index is 5.47. The molecule has 2 aromatic rings. The van der Waals surface area contributed by atoms with Crippen molar-refractivity contribution in [2.75, 3.05) is 34.4 Å². The Kier molecular flexibility index (Phi) is 11.3. The van der Waals surface area contributed by atoms with Gasteiger partial charge in [0.25, 0.3) is 0 Å². The second-order valence-electron chi connectivity index (χ2n) is 6.38. The molecule has 7 heteroatoms. The Labute approximate surface area is 191 Å². The quantitative estimate of drug-likeness (QED) is 0.302. The molecule has 0 aromatic heterocycles. The maximum atomic E-state index is 5.47. The molecule has 0 aliphatic carbocycles. The van der Waals surface area contributed by atoms with E-state index in [2.05, 4.69) is 41.6 Å². The van der Waals surface area contributed by atoms with Gasteiger partial charge in [0.1, 0.15) is 5.75 Å². The van der Waals surface area contributed by atoms with E-state index >= 15 is 0 Å². The monoisotopic (exact) mass is 513 g/mol. The molecule has 0 heterocycles. The summed E-state index contributed by atoms with van der Waals surface area (Å²) >= 11 is 0. The molecule has 160 valence electrons. The van der Waals surface area contributed by atoms with Crippen molar-refractivity contribution in [3.05, 3.63) is 53.1 Å². The van der Waals surface area contributed by atoms with Gasteiger partial charge < -0.3 is 24.8 Å². The van der Waals surface area contributed by atoms with E-state index in [0.717, 1.165) is 48.3 Å². The fourth-order valence-electron chi connectivity index (χ4n) is 2.85. The first-order valence-electron chi connectivity index (χ1n) is 9.47. The van der Waals surface area contributed by atoms with Crippen molar-refractivity contribution >= 4 is 29.9 Å². The molecule has 2 aromatic carbocycles. The van der Waals surface area contributed by atoms with Gasteiger partial charge in [0.05, 0.1) is 27.9 Å². The van der Waals surface area contributed by atoms with Crippen LogP contribution < -0.4 is 24.8 Å². The van der Waals surface area contributed by atoms with E-state index in [1.54, 1.807) is 21.3 Å². The van der Waals surface area contributed by atoms with Crippen LogP contribution in [0.4, 0.5) is 0 Å². The van der Waals surface area contributed by atoms with E-state index in [9.17, 15) is 0 Å². The second kappa shape index (κ2) is 13.1. The second-order valence-corrected chi connectivity index (χ2v) is 6.38. The molecule has 0 atom stereocenters. The van der Waals surface area contributed by atoms with Gasteiger partial charge in [-0.05, 0) is 49.6 Å². The van der Waals surface area contributed by atoms with Crippen LogP contribution in [-0.2, 0) is 13.0 Å². The SMILES string of the molecule is CCNC(=NCc1ccc(C)cc1OC)NCCc1ccc(OC)c(OC)c1.I. The third kappa shape index (κ3) is 7.64. The number of hydrogen-bond donors (Lipinski definition) is 2. The fourth-order valence-corrected chi connectivity index (χ4v) is 2.85. The number of nitrogens with zero attached hydrogens (tertiary/aromatic N) is 1. The highest BCUT2D eigenvalue weighted by Gasteiger charge is 2.06. The largest absolute Gasteiger partial charge is 0.496 e. The minimum atomic E-state index is 0. The Balaban J connectivity index is 0.00000420. The number of aryl methyl sites for hydroxylation is 1. The predicted molar refractivity (Wildman–Crippen MR) is 129 cm³/mol. The fraction of sp³-hybridized carbons (Fsp3) is 0.409. The van der Waals surface area contributed by atoms with Crippen molar-refractivity contribution in [1.82, 2.24) is 10.6 Å². The van der Waals surface area contributed by atoms with Crippen LogP contribution in [-0.4, -0.2) is 40.4 Å². The first kappa shape index (κ1) is 24.9. The van der Waals surface area contributed by atoms with Gasteiger partial charge in [-0.2, -0.15) is 0 Å². The normalized spacial score (nSPS) is 10.7. The van der Waals surface area contributed by atoms with Crippen LogP contribution in [0.15, 0.2) is 41.4 Å². The minimum absolute atomic E-state index is 0. The van der Waals surface area contributed by atoms with Crippen molar-refractivity contribution in [3.8, 4) is 17.2 Å². The van der Waals surface area contributed by atoms with Crippen LogP contribution >= 0.6 is 24.0 Å². The number of halogens is 1. The zero-order chi connectivity index (χ0) is 20.4. The van der Waals surface area contributed by atoms with E-state index < -0.39 is 0 Å². The van der Waals surface area contributed by atoms with Crippen LogP contribution in [0, 0.1) is 6.92 Å². The number of ether oxygens (including phenoxy) is 3. The predicted octanol–water partition coefficient (Wildman–Crippen LogP) is 3.94. The molecular formula is C22H32IN3O3. The number of nitrogens with one attached hydrogen (secondary N) is 2. The van der Waals surface area contributed by atoms with Crippen molar-refractivity contribution in [3.63, 3.8) is 0 Å². The molecule has 0 unspecified atom stereocenters. The zero-order valence-electron chi connectivity index (χ0n) is 17.9. The molecular weight excluding hydrogens is 481 g/mol. The summed E-state index contributed by atoms with van der Waals surface area (Å²) in [6.07, 6.45) is 0.846. The Hall–Kier alpha value is -2.16. The first-order valence-corrected chi connectivity index (χ1v) is 9.47. The Bertz CT molecular complexity index is 797. The van der Waals surface area contributed by atoms with Crippen molar-refractivity contribution in [2.24, 2.45) is 4.99 Å². The summed E-state index contributed by atoms with van der Waals surface area (Å²) < 4.78 is 16.1. The summed E-state index contributed by atoms with van der Waals surface area (Å²) in [7, 11) is 4.98. The summed E-state index contributed by atoms with van der Waals surface area (Å²) in [6, 6.07) is 12.1. The summed E-state index contributed by atoms with van der Waals surface area (Å²) in [5.74, 6) is 3.13. The highest BCUT2D eigenvalue weighted by molar-refractivity contribution is 14.0. The number of benzene rings is 2. The third-order valence-corrected chi connectivity index (χ3v) is 4.35. The van der Waals surface area contributed by atoms with Gasteiger partial charge in [-0.25, -0.2) is 4.99 Å². The molecule has 0 bridgehead atoms. The number of guanidine groups is 1. The number of rotatable bonds is 9. The Morgan fingerprint density at radius 2 is 1.62 bits per heavy atom. The van der Waals surface area contributed by atoms with Crippen LogP contribution in [0.2, 0.25) is 0 Å². The van der Waals surface area contributed by atoms with E-state index in [1.165, 1.54) is 11.1 Å². The van der Waals surface area contributed by atoms with E-state index in [-0.39, 0.29) is 24.0 Å². The molecule has 2 N–H and O–H groups in total. The average molecular weight is 513 g/mol. The molecule has 0 saturated carbocycles. The summed E-state index contributed by atoms with van der Waals surface area (Å²) in [4.78, 5) is 4.68. The van der Waals surface area contributed by atoms with E-state index in [1.807, 2.05) is 24.3 Å². The van der Waals surface area contributed by atoms with Crippen LogP contribution in [0.25, 0.3) is 0 Å². The molecule has 0 aliphatic rings. The molecule has 0 amide bonds. The standard InChI is InChI=1S/C22H31N3O3.HI/c1-6-23-22(25-15-18-9-7-16(2)13-20(18)27-4)24-12-11-17-8-10-19(26-3)21(14-17)28-5;/h7-10,13-14H,6,11-12,15H2,1-5H3,(H2,23,24,25);1H. The van der Waals surface area contributed by atoms with E-state index in [4.69, 9.17) is 14.2 Å². The van der Waals surface area contributed by atoms with Gasteiger partial charge in [0.2, 0.25) is 0 Å². The number of aliphatic imine (C=N–C) groups is 1. The van der Waals surface area contributed by atoms with E-state index in [0.29, 0.717) is 6.54 Å². The highest BCUT2D eigenvalue weighted by atomic mass is 127. The van der Waals surface area contributed by atoms with Crippen LogP contribution in [0.1, 0.15) is 23.6 Å². The number of hydrogen-bond acceptors (Lipinski definition) is 4. The molecule has 0 radical (unpaired) electrons. The highest BCUT2D eigenvalue weighted by Crippen LogP contribution is 2.27. The molecule has 0 spiro atoms. The van der Waals surface area contributed by atoms with Gasteiger partial charge in [-0.3, -0.25) is 0 Å². The molecule has 0 aliphatic heterocycles. The van der Waals surface area contributed by atoms with Gasteiger partial charge in [-0.15, -0.1) is 24.0 Å². The molecule has 6 nitrogen and oxygen atoms in total. The minimum Gasteiger partial charge on any atom is -0.496 e. The topological polar surface area (TPSA) is 64.1 Å². The lowest BCUT2D eigenvalue weighted by atomic mass is 10.1. The third-order valence-electron chi connectivity index (χ3n) is 4.35. The lowest BCUT2D eigenvalue weighted by Crippen LogP contribution is -2.38. The summed E-state index contributed by atoms with van der Waals surface area (Å²) in [5.41, 5.74) is 3.40. The van der Waals surface area contributed by atoms with Crippen molar-refractivity contribution in [2.45, 2.75) is 26.8 Å². The van der Waals surface area contributed by atoms with Gasteiger partial charge in [0.15, 0.2) is 17.5 Å². The van der Waals surface area contributed by atoms with Gasteiger partial charge in [-0.1, -0.05) is 18.2 Å². The first-order chi connectivity index (χ1) is 13.6. The van der Waals surface area contributed by atoms with Crippen LogP contribution in [0.3, 0.4) is 0 Å². The Morgan fingerprint density at radius 3 is 2.28 bits per heavy atom. The number of methoxy groups -OCH3 is 3. The molecule has 0 saturated heterocycles. The summed E-state index contributed by atoms with van der Waals surface area (Å²) in [6.45, 7) is 6.21. The Morgan fingerprint density at radius 1 is 0.897 bits per heavy atom. The average Bonchev–Trinajstić information content (AvgIpc) is 2.72. The zero-order valence-corrected chi connectivity index (χ0v) is 20.2. The molecule has 29 heavy (non-hydrogen) atoms. The lowest BCUT2D eigenvalue weighted by Gasteiger charge is -2.13. The van der Waals surface area contributed by atoms with Gasteiger partial charge >= 0.3 is 0 Å². The van der Waals surface area contributed by atoms with Crippen LogP contribution in [0.5, 0.6) is 17.2 Å². The van der Waals surface area contributed by atoms with Crippen molar-refractivity contribution < 1.29 is 14.2 Å². The van der Waals surface area contributed by atoms with Crippen molar-refractivity contribution in [1.29, 1.82) is 0 Å². The smallest absolute Gasteiger partial charge is 0.191 e. The molecule has 2 rings (SSSR count). The lowest BCUT2D eigenvalue weighted by molar-refractivity contribution is 0.354. The summed E-state index contributed by atoms with van der Waals surface area (Å²) in [5, 5.41) is 6.66. The molecule has 0 fully saturated rings. The maximum Gasteiger partial charge on any atom is 0.191 e. The van der Waals surface area contributed by atoms with Gasteiger partial charge in [0, 0.05) is 18.7 Å².